The van der Waals surface area contributed by atoms with Crippen molar-refractivity contribution in [2.45, 2.75) is 18.2 Å². The van der Waals surface area contributed by atoms with Crippen molar-refractivity contribution < 1.29 is 19.0 Å². The Morgan fingerprint density at radius 1 is 1.26 bits per heavy atom. The number of benzene rings is 2. The Kier molecular flexibility index (Phi) is 6.43. The molecule has 0 aromatic heterocycles. The van der Waals surface area contributed by atoms with E-state index in [1.807, 2.05) is 12.1 Å². The van der Waals surface area contributed by atoms with Gasteiger partial charge in [-0.15, -0.1) is 0 Å². The highest BCUT2D eigenvalue weighted by Crippen LogP contribution is 2.35. The van der Waals surface area contributed by atoms with Crippen LogP contribution in [0.3, 0.4) is 0 Å². The van der Waals surface area contributed by atoms with Gasteiger partial charge in [0.1, 0.15) is 5.82 Å². The minimum atomic E-state index is -1.61. The minimum absolute atomic E-state index is 0.0797. The zero-order chi connectivity index (χ0) is 24.7. The third-order valence-electron chi connectivity index (χ3n) is 6.75. The minimum Gasteiger partial charge on any atom is -0.361 e. The number of hydrogen-bond acceptors (Lipinski definition) is 5. The molecule has 0 unspecified atom stereocenters. The fourth-order valence-electron chi connectivity index (χ4n) is 4.79. The van der Waals surface area contributed by atoms with Crippen LogP contribution < -0.4 is 0 Å². The maximum atomic E-state index is 13.6. The van der Waals surface area contributed by atoms with Gasteiger partial charge in [-0.1, -0.05) is 47.5 Å². The van der Waals surface area contributed by atoms with Crippen molar-refractivity contribution in [2.75, 3.05) is 32.8 Å². The van der Waals surface area contributed by atoms with Crippen LogP contribution in [0.1, 0.15) is 27.9 Å². The van der Waals surface area contributed by atoms with Crippen LogP contribution in [0.5, 0.6) is 0 Å². The van der Waals surface area contributed by atoms with E-state index in [0.717, 1.165) is 11.1 Å². The largest absolute Gasteiger partial charge is 0.361 e. The Morgan fingerprint density at radius 2 is 2.09 bits per heavy atom. The van der Waals surface area contributed by atoms with Gasteiger partial charge in [-0.25, -0.2) is 4.39 Å². The summed E-state index contributed by atoms with van der Waals surface area (Å²) in [5.41, 5.74) is 3.02. The lowest BCUT2D eigenvalue weighted by atomic mass is 9.99. The van der Waals surface area contributed by atoms with Gasteiger partial charge in [-0.05, 0) is 29.8 Å². The number of ether oxygens (including phenoxy) is 1. The van der Waals surface area contributed by atoms with Crippen LogP contribution in [-0.2, 0) is 10.5 Å². The molecule has 0 bridgehead atoms. The molecule has 35 heavy (non-hydrogen) atoms. The summed E-state index contributed by atoms with van der Waals surface area (Å²) >= 11 is 12.5. The van der Waals surface area contributed by atoms with Gasteiger partial charge in [0.2, 0.25) is 5.79 Å². The van der Waals surface area contributed by atoms with Crippen LogP contribution in [0.2, 0.25) is 10.0 Å². The first-order valence-electron chi connectivity index (χ1n) is 11.2. The van der Waals surface area contributed by atoms with Crippen molar-refractivity contribution in [2.24, 2.45) is 0 Å². The number of nitriles is 1. The van der Waals surface area contributed by atoms with E-state index in [0.29, 0.717) is 47.8 Å². The Labute approximate surface area is 212 Å². The lowest BCUT2D eigenvalue weighted by Gasteiger charge is -2.49. The summed E-state index contributed by atoms with van der Waals surface area (Å²) in [6, 6.07) is 11.4. The maximum Gasteiger partial charge on any atom is 0.255 e. The zero-order valence-corrected chi connectivity index (χ0v) is 20.2. The average molecular weight is 514 g/mol. The SMILES string of the molecule is N#CC1=CC(c2cccc(C(=O)N3CCN4C[C@@](O)(c5ccc(F)c(Cl)c5)OC[C@@H]4C3)c2Cl)=CC1. The predicted molar refractivity (Wildman–Crippen MR) is 130 cm³/mol. The number of nitrogens with zero attached hydrogens (tertiary/aromatic N) is 3. The Morgan fingerprint density at radius 3 is 2.83 bits per heavy atom. The second-order valence-corrected chi connectivity index (χ2v) is 9.70. The van der Waals surface area contributed by atoms with Gasteiger partial charge in [0, 0.05) is 42.8 Å². The monoisotopic (exact) mass is 513 g/mol. The normalized spacial score (nSPS) is 24.4. The highest BCUT2D eigenvalue weighted by Gasteiger charge is 2.43. The smallest absolute Gasteiger partial charge is 0.255 e. The molecule has 9 heteroatoms. The van der Waals surface area contributed by atoms with Crippen LogP contribution in [-0.4, -0.2) is 59.6 Å². The Bertz CT molecular complexity index is 1310. The lowest BCUT2D eigenvalue weighted by molar-refractivity contribution is -0.265. The summed E-state index contributed by atoms with van der Waals surface area (Å²) in [6.45, 7) is 1.78. The summed E-state index contributed by atoms with van der Waals surface area (Å²) in [6.07, 6.45) is 4.28. The van der Waals surface area contributed by atoms with Gasteiger partial charge in [0.25, 0.3) is 5.91 Å². The third-order valence-corrected chi connectivity index (χ3v) is 7.45. The molecule has 3 aliphatic rings. The first-order chi connectivity index (χ1) is 16.8. The molecule has 6 nitrogen and oxygen atoms in total. The van der Waals surface area contributed by atoms with Crippen molar-refractivity contribution in [3.8, 4) is 6.07 Å². The van der Waals surface area contributed by atoms with E-state index in [1.165, 1.54) is 18.2 Å². The van der Waals surface area contributed by atoms with Gasteiger partial charge in [-0.2, -0.15) is 5.26 Å². The third kappa shape index (κ3) is 4.49. The second kappa shape index (κ2) is 9.38. The van der Waals surface area contributed by atoms with Crippen molar-refractivity contribution in [1.29, 1.82) is 5.26 Å². The van der Waals surface area contributed by atoms with E-state index in [-0.39, 0.29) is 30.1 Å². The molecular formula is C26H22Cl2FN3O3. The van der Waals surface area contributed by atoms with Crippen molar-refractivity contribution >= 4 is 34.7 Å². The van der Waals surface area contributed by atoms with Crippen LogP contribution in [0.15, 0.2) is 54.1 Å². The van der Waals surface area contributed by atoms with Gasteiger partial charge >= 0.3 is 0 Å². The van der Waals surface area contributed by atoms with Crippen molar-refractivity contribution in [1.82, 2.24) is 9.80 Å². The van der Waals surface area contributed by atoms with E-state index in [9.17, 15) is 14.3 Å². The number of carbonyl (C=O) groups is 1. The Hall–Kier alpha value is -2.73. The lowest BCUT2D eigenvalue weighted by Crippen LogP contribution is -2.63. The summed E-state index contributed by atoms with van der Waals surface area (Å²) < 4.78 is 19.4. The number of allylic oxidation sites excluding steroid dienone is 4. The highest BCUT2D eigenvalue weighted by molar-refractivity contribution is 6.35. The molecule has 1 aliphatic carbocycles. The molecular weight excluding hydrogens is 492 g/mol. The molecule has 1 amide bonds. The fourth-order valence-corrected chi connectivity index (χ4v) is 5.29. The molecule has 2 aromatic rings. The molecule has 1 N–H and O–H groups in total. The standard InChI is InChI=1S/C26H22Cl2FN3O3/c27-22-11-18(6-7-23(22)29)26(34)15-32-9-8-31(13-19(32)14-35-26)25(33)21-3-1-2-20(24(21)28)17-5-4-16(10-17)12-30/h1-3,5-7,10-11,19,34H,4,8-9,13-15H2/t19-,26-/m0/s1. The number of fused-ring (bicyclic) bond motifs is 1. The van der Waals surface area contributed by atoms with Crippen LogP contribution in [0, 0.1) is 17.1 Å². The maximum absolute atomic E-state index is 13.6. The number of amides is 1. The Balaban J connectivity index is 1.30. The molecule has 0 spiro atoms. The van der Waals surface area contributed by atoms with Gasteiger partial charge in [-0.3, -0.25) is 9.69 Å². The zero-order valence-electron chi connectivity index (χ0n) is 18.7. The average Bonchev–Trinajstić information content (AvgIpc) is 3.34. The van der Waals surface area contributed by atoms with Gasteiger partial charge in [0.05, 0.1) is 40.9 Å². The summed E-state index contributed by atoms with van der Waals surface area (Å²) in [5.74, 6) is -2.35. The number of carbonyl (C=O) groups excluding carboxylic acids is 1. The highest BCUT2D eigenvalue weighted by atomic mass is 35.5. The van der Waals surface area contributed by atoms with Crippen molar-refractivity contribution in [3.05, 3.63) is 86.7 Å². The van der Waals surface area contributed by atoms with E-state index in [1.54, 1.807) is 23.1 Å². The van der Waals surface area contributed by atoms with Gasteiger partial charge < -0.3 is 14.7 Å². The molecule has 2 saturated heterocycles. The van der Waals surface area contributed by atoms with E-state index >= 15 is 0 Å². The summed E-state index contributed by atoms with van der Waals surface area (Å²) in [7, 11) is 0. The summed E-state index contributed by atoms with van der Waals surface area (Å²) in [4.78, 5) is 17.2. The summed E-state index contributed by atoms with van der Waals surface area (Å²) in [5, 5.41) is 20.5. The molecule has 2 fully saturated rings. The number of aliphatic hydroxyl groups is 1. The van der Waals surface area contributed by atoms with Crippen LogP contribution in [0.4, 0.5) is 4.39 Å². The number of halogens is 3. The second-order valence-electron chi connectivity index (χ2n) is 8.91. The van der Waals surface area contributed by atoms with Gasteiger partial charge in [0.15, 0.2) is 0 Å². The molecule has 2 atom stereocenters. The fraction of sp³-hybridized carbons (Fsp3) is 0.308. The topological polar surface area (TPSA) is 76.8 Å². The molecule has 0 radical (unpaired) electrons. The molecule has 2 heterocycles. The number of piperazine rings is 1. The van der Waals surface area contributed by atoms with Crippen LogP contribution >= 0.6 is 23.2 Å². The first kappa shape index (κ1) is 24.0. The van der Waals surface area contributed by atoms with Crippen molar-refractivity contribution in [3.63, 3.8) is 0 Å². The predicted octanol–water partition coefficient (Wildman–Crippen LogP) is 4.37. The van der Waals surface area contributed by atoms with E-state index < -0.39 is 11.6 Å². The van der Waals surface area contributed by atoms with Crippen LogP contribution in [0.25, 0.3) is 5.57 Å². The van der Waals surface area contributed by atoms with E-state index in [4.69, 9.17) is 33.2 Å². The molecule has 2 aliphatic heterocycles. The molecule has 0 saturated carbocycles. The van der Waals surface area contributed by atoms with E-state index in [2.05, 4.69) is 11.0 Å². The molecule has 5 rings (SSSR count). The first-order valence-corrected chi connectivity index (χ1v) is 12.0. The molecule has 180 valence electrons. The number of rotatable bonds is 3. The number of morpholine rings is 1. The molecule has 2 aromatic carbocycles. The number of hydrogen-bond donors (Lipinski definition) is 1. The quantitative estimate of drug-likeness (QED) is 0.659.